The van der Waals surface area contributed by atoms with Crippen LogP contribution in [0.25, 0.3) is 0 Å². The molecule has 35 heavy (non-hydrogen) atoms. The van der Waals surface area contributed by atoms with Crippen LogP contribution in [0.4, 0.5) is 0 Å². The number of ether oxygens (including phenoxy) is 2. The first-order chi connectivity index (χ1) is 16.7. The summed E-state index contributed by atoms with van der Waals surface area (Å²) < 4.78 is 12.1. The molecule has 0 saturated carbocycles. The Bertz CT molecular complexity index is 351. The zero-order chi connectivity index (χ0) is 25.0. The summed E-state index contributed by atoms with van der Waals surface area (Å²) in [7, 11) is 0. The first-order valence-electron chi connectivity index (χ1n) is 15.8. The standard InChI is InChI=1S/C31H65NO2.BrH/c1-4-7-9-11-13-15-17-19-21-23-25-27-29-33-31(32,6-3)34-30-28-26-24-22-20-18-16-14-12-10-8-5-2;/h4-30,32H2,1-3H3;1H. The van der Waals surface area contributed by atoms with Crippen LogP contribution < -0.4 is 22.7 Å². The highest BCUT2D eigenvalue weighted by molar-refractivity contribution is 4.53. The molecule has 0 fully saturated rings. The van der Waals surface area contributed by atoms with Crippen LogP contribution in [0.1, 0.15) is 181 Å². The van der Waals surface area contributed by atoms with Crippen LogP contribution in [-0.2, 0) is 9.47 Å². The van der Waals surface area contributed by atoms with Crippen LogP contribution in [-0.4, -0.2) is 19.1 Å². The molecule has 0 aliphatic heterocycles. The molecule has 0 rings (SSSR count). The second-order valence-corrected chi connectivity index (χ2v) is 10.7. The predicted octanol–water partition coefficient (Wildman–Crippen LogP) is 6.73. The lowest BCUT2D eigenvalue weighted by Crippen LogP contribution is -3.00. The van der Waals surface area contributed by atoms with Gasteiger partial charge in [0.15, 0.2) is 0 Å². The molecule has 0 atom stereocenters. The van der Waals surface area contributed by atoms with Crippen molar-refractivity contribution in [3.8, 4) is 0 Å². The molecule has 0 aromatic rings. The fraction of sp³-hybridized carbons (Fsp3) is 1.00. The molecule has 0 heterocycles. The van der Waals surface area contributed by atoms with E-state index in [0.29, 0.717) is 0 Å². The lowest BCUT2D eigenvalue weighted by molar-refractivity contribution is -0.634. The van der Waals surface area contributed by atoms with Gasteiger partial charge in [0.05, 0.1) is 19.6 Å². The molecule has 0 aliphatic rings. The molecule has 0 aromatic heterocycles. The Morgan fingerprint density at radius 2 is 0.629 bits per heavy atom. The van der Waals surface area contributed by atoms with Gasteiger partial charge in [0.25, 0.3) is 0 Å². The Kier molecular flexibility index (Phi) is 32.8. The molecule has 0 aromatic carbocycles. The molecular formula is C31H66BrNO2. The average molecular weight is 565 g/mol. The number of rotatable bonds is 29. The fourth-order valence-corrected chi connectivity index (χ4v) is 4.65. The molecule has 3 N–H and O–H groups in total. The Morgan fingerprint density at radius 3 is 0.857 bits per heavy atom. The third kappa shape index (κ3) is 28.8. The van der Waals surface area contributed by atoms with Crippen LogP contribution >= 0.6 is 0 Å². The highest BCUT2D eigenvalue weighted by Gasteiger charge is 2.28. The van der Waals surface area contributed by atoms with Gasteiger partial charge in [-0.2, -0.15) is 0 Å². The molecule has 0 aliphatic carbocycles. The van der Waals surface area contributed by atoms with E-state index < -0.39 is 5.91 Å². The highest BCUT2D eigenvalue weighted by Crippen LogP contribution is 2.15. The third-order valence-corrected chi connectivity index (χ3v) is 7.26. The molecule has 0 radical (unpaired) electrons. The van der Waals surface area contributed by atoms with Gasteiger partial charge >= 0.3 is 5.91 Å². The van der Waals surface area contributed by atoms with Crippen LogP contribution in [0.3, 0.4) is 0 Å². The van der Waals surface area contributed by atoms with E-state index >= 15 is 0 Å². The van der Waals surface area contributed by atoms with Gasteiger partial charge in [-0.1, -0.05) is 162 Å². The summed E-state index contributed by atoms with van der Waals surface area (Å²) in [5.41, 5.74) is 4.23. The summed E-state index contributed by atoms with van der Waals surface area (Å²) in [6.45, 7) is 8.27. The van der Waals surface area contributed by atoms with Crippen LogP contribution in [0.15, 0.2) is 0 Å². The van der Waals surface area contributed by atoms with E-state index in [4.69, 9.17) is 9.47 Å². The second kappa shape index (κ2) is 30.6. The van der Waals surface area contributed by atoms with Crippen molar-refractivity contribution in [1.29, 1.82) is 0 Å². The van der Waals surface area contributed by atoms with Gasteiger partial charge in [-0.05, 0) is 12.8 Å². The Labute approximate surface area is 232 Å². The SMILES string of the molecule is CCCCCCCCCCCCCCOC([NH3+])(CC)OCCCCCCCCCCCCCC.[Br-]. The zero-order valence-electron chi connectivity index (χ0n) is 24.5. The van der Waals surface area contributed by atoms with Gasteiger partial charge in [-0.25, -0.2) is 0 Å². The van der Waals surface area contributed by atoms with Gasteiger partial charge in [0, 0.05) is 0 Å². The largest absolute Gasteiger partial charge is 1.00 e. The number of halogens is 1. The van der Waals surface area contributed by atoms with E-state index in [-0.39, 0.29) is 17.0 Å². The molecule has 214 valence electrons. The van der Waals surface area contributed by atoms with Gasteiger partial charge in [0.1, 0.15) is 0 Å². The molecule has 0 saturated heterocycles. The molecule has 0 unspecified atom stereocenters. The van der Waals surface area contributed by atoms with E-state index in [1.165, 1.54) is 141 Å². The van der Waals surface area contributed by atoms with Gasteiger partial charge < -0.3 is 32.2 Å². The first-order valence-corrected chi connectivity index (χ1v) is 15.8. The van der Waals surface area contributed by atoms with Gasteiger partial charge in [-0.15, -0.1) is 0 Å². The zero-order valence-corrected chi connectivity index (χ0v) is 26.1. The first kappa shape index (κ1) is 37.5. The fourth-order valence-electron chi connectivity index (χ4n) is 4.65. The Morgan fingerprint density at radius 1 is 0.400 bits per heavy atom. The highest BCUT2D eigenvalue weighted by atomic mass is 79.9. The quantitative estimate of drug-likeness (QED) is 0.0809. The van der Waals surface area contributed by atoms with Crippen LogP contribution in [0.2, 0.25) is 0 Å². The van der Waals surface area contributed by atoms with Crippen LogP contribution in [0.5, 0.6) is 0 Å². The van der Waals surface area contributed by atoms with E-state index in [1.54, 1.807) is 0 Å². The predicted molar refractivity (Wildman–Crippen MR) is 150 cm³/mol. The minimum absolute atomic E-state index is 0. The van der Waals surface area contributed by atoms with Crippen molar-refractivity contribution in [3.63, 3.8) is 0 Å². The van der Waals surface area contributed by atoms with E-state index in [9.17, 15) is 0 Å². The maximum absolute atomic E-state index is 6.04. The van der Waals surface area contributed by atoms with Crippen molar-refractivity contribution < 1.29 is 32.2 Å². The second-order valence-electron chi connectivity index (χ2n) is 10.7. The van der Waals surface area contributed by atoms with Crippen molar-refractivity contribution in [3.05, 3.63) is 0 Å². The summed E-state index contributed by atoms with van der Waals surface area (Å²) >= 11 is 0. The van der Waals surface area contributed by atoms with Crippen LogP contribution in [0, 0.1) is 0 Å². The lowest BCUT2D eigenvalue weighted by atomic mass is 10.1. The number of hydrogen-bond donors (Lipinski definition) is 1. The molecular weight excluding hydrogens is 498 g/mol. The summed E-state index contributed by atoms with van der Waals surface area (Å²) in [6, 6.07) is 0. The topological polar surface area (TPSA) is 46.1 Å². The molecule has 3 nitrogen and oxygen atoms in total. The van der Waals surface area contributed by atoms with Crippen molar-refractivity contribution >= 4 is 0 Å². The summed E-state index contributed by atoms with van der Waals surface area (Å²) in [5.74, 6) is -0.629. The van der Waals surface area contributed by atoms with Gasteiger partial charge in [0.2, 0.25) is 0 Å². The number of quaternary nitrogens is 1. The van der Waals surface area contributed by atoms with Gasteiger partial charge in [-0.3, -0.25) is 0 Å². The summed E-state index contributed by atoms with van der Waals surface area (Å²) in [6.07, 6.45) is 33.8. The maximum atomic E-state index is 6.04. The number of hydrogen-bond acceptors (Lipinski definition) is 2. The minimum Gasteiger partial charge on any atom is -1.00 e. The average Bonchev–Trinajstić information content (AvgIpc) is 2.85. The maximum Gasteiger partial charge on any atom is 0.313 e. The summed E-state index contributed by atoms with van der Waals surface area (Å²) in [5, 5.41) is 0. The smallest absolute Gasteiger partial charge is 0.313 e. The molecule has 0 amide bonds. The molecule has 0 bridgehead atoms. The van der Waals surface area contributed by atoms with E-state index in [1.807, 2.05) is 0 Å². The summed E-state index contributed by atoms with van der Waals surface area (Å²) in [4.78, 5) is 0. The molecule has 0 spiro atoms. The van der Waals surface area contributed by atoms with Crippen molar-refractivity contribution in [1.82, 2.24) is 0 Å². The van der Waals surface area contributed by atoms with Crippen molar-refractivity contribution in [2.24, 2.45) is 0 Å². The minimum atomic E-state index is -0.629. The lowest BCUT2D eigenvalue weighted by Gasteiger charge is -2.24. The van der Waals surface area contributed by atoms with Crippen molar-refractivity contribution in [2.75, 3.05) is 13.2 Å². The van der Waals surface area contributed by atoms with E-state index in [2.05, 4.69) is 26.5 Å². The van der Waals surface area contributed by atoms with Crippen molar-refractivity contribution in [2.45, 2.75) is 187 Å². The molecule has 4 heteroatoms. The van der Waals surface area contributed by atoms with E-state index in [0.717, 1.165) is 32.5 Å². The Hall–Kier alpha value is 0.360. The normalized spacial score (nSPS) is 11.7. The number of unbranched alkanes of at least 4 members (excludes halogenated alkanes) is 22. The third-order valence-electron chi connectivity index (χ3n) is 7.26. The monoisotopic (exact) mass is 563 g/mol. The Balaban J connectivity index is 0.